The van der Waals surface area contributed by atoms with Crippen LogP contribution < -0.4 is 10.4 Å². The molecular weight excluding hydrogens is 372 g/mol. The van der Waals surface area contributed by atoms with Crippen LogP contribution in [0.1, 0.15) is 25.0 Å². The van der Waals surface area contributed by atoms with Gasteiger partial charge in [-0.15, -0.1) is 0 Å². The zero-order valence-electron chi connectivity index (χ0n) is 16.0. The Balaban J connectivity index is 1.56. The molecule has 2 aromatic carbocycles. The van der Waals surface area contributed by atoms with Gasteiger partial charge in [-0.2, -0.15) is 0 Å². The minimum absolute atomic E-state index is 0.0883. The standard InChI is InChI=1S/C23H20O6/c1-23(2)20(28-22(26)9-7-14-5-3-4-6-17(14)24)12-16-11-15-8-10-21(25)27-18(15)13-19(16)29-23/h3-11,13,20,24H,12H2,1-2H3/t20-/m1/s1. The summed E-state index contributed by atoms with van der Waals surface area (Å²) in [5, 5.41) is 10.6. The van der Waals surface area contributed by atoms with Crippen molar-refractivity contribution in [1.29, 1.82) is 0 Å². The molecule has 0 aliphatic carbocycles. The number of rotatable bonds is 3. The van der Waals surface area contributed by atoms with E-state index in [2.05, 4.69) is 0 Å². The maximum Gasteiger partial charge on any atom is 0.336 e. The van der Waals surface area contributed by atoms with Gasteiger partial charge in [-0.3, -0.25) is 0 Å². The number of benzene rings is 2. The Bertz CT molecular complexity index is 1170. The lowest BCUT2D eigenvalue weighted by Gasteiger charge is -2.39. The summed E-state index contributed by atoms with van der Waals surface area (Å²) in [4.78, 5) is 23.8. The number of para-hydroxylation sites is 1. The van der Waals surface area contributed by atoms with Crippen molar-refractivity contribution in [2.45, 2.75) is 32.0 Å². The van der Waals surface area contributed by atoms with Crippen molar-refractivity contribution in [3.8, 4) is 11.5 Å². The van der Waals surface area contributed by atoms with Crippen molar-refractivity contribution >= 4 is 23.0 Å². The van der Waals surface area contributed by atoms with Crippen molar-refractivity contribution < 1.29 is 23.8 Å². The fraction of sp³-hybridized carbons (Fsp3) is 0.217. The summed E-state index contributed by atoms with van der Waals surface area (Å²) in [6, 6.07) is 13.4. The third-order valence-electron chi connectivity index (χ3n) is 4.95. The highest BCUT2D eigenvalue weighted by Gasteiger charge is 2.39. The monoisotopic (exact) mass is 392 g/mol. The lowest BCUT2D eigenvalue weighted by atomic mass is 9.90. The van der Waals surface area contributed by atoms with Crippen molar-refractivity contribution in [3.05, 3.63) is 76.2 Å². The zero-order chi connectivity index (χ0) is 20.6. The van der Waals surface area contributed by atoms with E-state index in [-0.39, 0.29) is 5.75 Å². The van der Waals surface area contributed by atoms with Crippen molar-refractivity contribution in [3.63, 3.8) is 0 Å². The van der Waals surface area contributed by atoms with E-state index >= 15 is 0 Å². The number of phenolic OH excluding ortho intramolecular Hbond substituents is 1. The van der Waals surface area contributed by atoms with Gasteiger partial charge >= 0.3 is 11.6 Å². The summed E-state index contributed by atoms with van der Waals surface area (Å²) >= 11 is 0. The molecule has 29 heavy (non-hydrogen) atoms. The molecule has 0 spiro atoms. The number of carbonyl (C=O) groups excluding carboxylic acids is 1. The summed E-state index contributed by atoms with van der Waals surface area (Å²) in [7, 11) is 0. The molecular formula is C23H20O6. The Hall–Kier alpha value is -3.54. The van der Waals surface area contributed by atoms with Crippen molar-refractivity contribution in [2.75, 3.05) is 0 Å². The molecule has 0 amide bonds. The second-order valence-electron chi connectivity index (χ2n) is 7.48. The van der Waals surface area contributed by atoms with Gasteiger partial charge in [-0.25, -0.2) is 9.59 Å². The van der Waals surface area contributed by atoms with Gasteiger partial charge in [-0.1, -0.05) is 18.2 Å². The van der Waals surface area contributed by atoms with Crippen LogP contribution in [0.3, 0.4) is 0 Å². The molecule has 1 aromatic heterocycles. The largest absolute Gasteiger partial charge is 0.507 e. The van der Waals surface area contributed by atoms with Crippen LogP contribution in [-0.4, -0.2) is 22.8 Å². The fourth-order valence-corrected chi connectivity index (χ4v) is 3.34. The van der Waals surface area contributed by atoms with Crippen LogP contribution in [0.4, 0.5) is 0 Å². The van der Waals surface area contributed by atoms with Crippen molar-refractivity contribution in [1.82, 2.24) is 0 Å². The first kappa shape index (κ1) is 18.8. The number of carbonyl (C=O) groups is 1. The second kappa shape index (κ2) is 7.13. The molecule has 1 N–H and O–H groups in total. The molecule has 1 atom stereocenters. The highest BCUT2D eigenvalue weighted by molar-refractivity contribution is 5.88. The first-order valence-electron chi connectivity index (χ1n) is 9.24. The highest BCUT2D eigenvalue weighted by atomic mass is 16.6. The van der Waals surface area contributed by atoms with Crippen LogP contribution in [0.15, 0.2) is 63.8 Å². The average molecular weight is 392 g/mol. The first-order chi connectivity index (χ1) is 13.8. The molecule has 1 aliphatic heterocycles. The molecule has 0 saturated carbocycles. The predicted octanol–water partition coefficient (Wildman–Crippen LogP) is 3.84. The van der Waals surface area contributed by atoms with E-state index < -0.39 is 23.3 Å². The van der Waals surface area contributed by atoms with Crippen LogP contribution in [-0.2, 0) is 16.0 Å². The molecule has 148 valence electrons. The maximum absolute atomic E-state index is 12.3. The Morgan fingerprint density at radius 3 is 2.79 bits per heavy atom. The normalized spacial score (nSPS) is 17.7. The number of esters is 1. The van der Waals surface area contributed by atoms with E-state index in [0.29, 0.717) is 23.3 Å². The van der Waals surface area contributed by atoms with Crippen LogP contribution in [0.25, 0.3) is 17.0 Å². The summed E-state index contributed by atoms with van der Waals surface area (Å²) in [5.74, 6) is 0.171. The quantitative estimate of drug-likeness (QED) is 0.414. The first-order valence-corrected chi connectivity index (χ1v) is 9.24. The van der Waals surface area contributed by atoms with E-state index in [0.717, 1.165) is 10.9 Å². The number of ether oxygens (including phenoxy) is 2. The number of fused-ring (bicyclic) bond motifs is 2. The molecule has 0 unspecified atom stereocenters. The lowest BCUT2D eigenvalue weighted by Crippen LogP contribution is -2.48. The minimum Gasteiger partial charge on any atom is -0.507 e. The Labute approximate surface area is 167 Å². The molecule has 6 nitrogen and oxygen atoms in total. The molecule has 0 fully saturated rings. The SMILES string of the molecule is CC1(C)Oc2cc3oc(=O)ccc3cc2C[C@H]1OC(=O)C=Cc1ccccc1O. The van der Waals surface area contributed by atoms with E-state index in [1.165, 1.54) is 18.2 Å². The van der Waals surface area contributed by atoms with E-state index in [9.17, 15) is 14.7 Å². The van der Waals surface area contributed by atoms with Crippen molar-refractivity contribution in [2.24, 2.45) is 0 Å². The fourth-order valence-electron chi connectivity index (χ4n) is 3.34. The summed E-state index contributed by atoms with van der Waals surface area (Å²) < 4.78 is 16.9. The minimum atomic E-state index is -0.770. The third-order valence-corrected chi connectivity index (χ3v) is 4.95. The lowest BCUT2D eigenvalue weighted by molar-refractivity contribution is -0.155. The molecule has 0 saturated heterocycles. The second-order valence-corrected chi connectivity index (χ2v) is 7.48. The zero-order valence-corrected chi connectivity index (χ0v) is 16.0. The van der Waals surface area contributed by atoms with Crippen LogP contribution in [0.2, 0.25) is 0 Å². The van der Waals surface area contributed by atoms with Crippen LogP contribution >= 0.6 is 0 Å². The molecule has 0 radical (unpaired) electrons. The van der Waals surface area contributed by atoms with Crippen LogP contribution in [0, 0.1) is 0 Å². The topological polar surface area (TPSA) is 86.0 Å². The van der Waals surface area contributed by atoms with Gasteiger partial charge in [0.15, 0.2) is 0 Å². The van der Waals surface area contributed by atoms with Gasteiger partial charge < -0.3 is 19.0 Å². The molecule has 1 aliphatic rings. The molecule has 3 aromatic rings. The van der Waals surface area contributed by atoms with E-state index in [1.807, 2.05) is 19.9 Å². The van der Waals surface area contributed by atoms with Gasteiger partial charge in [-0.05, 0) is 43.7 Å². The molecule has 0 bridgehead atoms. The smallest absolute Gasteiger partial charge is 0.336 e. The summed E-state index contributed by atoms with van der Waals surface area (Å²) in [6.45, 7) is 3.68. The highest BCUT2D eigenvalue weighted by Crippen LogP contribution is 2.37. The van der Waals surface area contributed by atoms with Gasteiger partial charge in [0.05, 0.1) is 0 Å². The van der Waals surface area contributed by atoms with Gasteiger partial charge in [0.1, 0.15) is 28.8 Å². The van der Waals surface area contributed by atoms with E-state index in [1.54, 1.807) is 36.4 Å². The third kappa shape index (κ3) is 3.87. The van der Waals surface area contributed by atoms with Gasteiger partial charge in [0.25, 0.3) is 0 Å². The molecule has 6 heteroatoms. The van der Waals surface area contributed by atoms with Gasteiger partial charge in [0.2, 0.25) is 0 Å². The summed E-state index contributed by atoms with van der Waals surface area (Å²) in [5.41, 5.74) is 0.660. The number of aromatic hydroxyl groups is 1. The van der Waals surface area contributed by atoms with E-state index in [4.69, 9.17) is 13.9 Å². The average Bonchev–Trinajstić information content (AvgIpc) is 2.66. The number of phenols is 1. The Morgan fingerprint density at radius 2 is 2.00 bits per heavy atom. The van der Waals surface area contributed by atoms with Gasteiger partial charge in [0, 0.05) is 35.6 Å². The number of hydrogen-bond acceptors (Lipinski definition) is 6. The summed E-state index contributed by atoms with van der Waals surface area (Å²) in [6.07, 6.45) is 2.76. The Kier molecular flexibility index (Phi) is 4.62. The van der Waals surface area contributed by atoms with Crippen LogP contribution in [0.5, 0.6) is 11.5 Å². The number of hydrogen-bond donors (Lipinski definition) is 1. The predicted molar refractivity (Wildman–Crippen MR) is 108 cm³/mol. The Morgan fingerprint density at radius 1 is 1.21 bits per heavy atom. The molecule has 2 heterocycles. The maximum atomic E-state index is 12.3. The molecule has 4 rings (SSSR count).